The Balaban J connectivity index is 2.60. The minimum Gasteiger partial charge on any atom is -0.332 e. The van der Waals surface area contributed by atoms with Crippen LogP contribution in [-0.4, -0.2) is 37.8 Å². The Hall–Kier alpha value is -0.160. The van der Waals surface area contributed by atoms with E-state index in [1.165, 1.54) is 6.42 Å². The van der Waals surface area contributed by atoms with Crippen molar-refractivity contribution in [3.05, 3.63) is 0 Å². The molecule has 0 aromatic rings. The summed E-state index contributed by atoms with van der Waals surface area (Å²) in [6, 6.07) is 0.320. The van der Waals surface area contributed by atoms with Crippen LogP contribution in [0.25, 0.3) is 0 Å². The van der Waals surface area contributed by atoms with Gasteiger partial charge in [0.25, 0.3) is 6.48 Å². The standard InChI is InChI=1S/C12H25NO3/c1-6-9(3)8-11-10(7-2)13(4)16-12(14-5)15-11/h9-12H,6-8H2,1-5H3. The molecule has 4 unspecified atom stereocenters. The van der Waals surface area contributed by atoms with Gasteiger partial charge in [-0.25, -0.2) is 4.84 Å². The van der Waals surface area contributed by atoms with Crippen LogP contribution >= 0.6 is 0 Å². The van der Waals surface area contributed by atoms with Crippen molar-refractivity contribution in [2.45, 2.75) is 58.7 Å². The van der Waals surface area contributed by atoms with Crippen molar-refractivity contribution in [2.24, 2.45) is 5.92 Å². The van der Waals surface area contributed by atoms with E-state index in [1.54, 1.807) is 7.11 Å². The molecule has 1 fully saturated rings. The molecule has 0 aliphatic carbocycles. The summed E-state index contributed by atoms with van der Waals surface area (Å²) >= 11 is 0. The van der Waals surface area contributed by atoms with Crippen molar-refractivity contribution in [1.82, 2.24) is 5.06 Å². The van der Waals surface area contributed by atoms with Crippen LogP contribution in [0.15, 0.2) is 0 Å². The Kier molecular flexibility index (Phi) is 5.69. The molecule has 0 bridgehead atoms. The summed E-state index contributed by atoms with van der Waals surface area (Å²) in [6.45, 7) is 6.07. The lowest BCUT2D eigenvalue weighted by atomic mass is 9.95. The highest BCUT2D eigenvalue weighted by atomic mass is 16.9. The highest BCUT2D eigenvalue weighted by Gasteiger charge is 2.35. The van der Waals surface area contributed by atoms with Crippen LogP contribution in [0, 0.1) is 5.92 Å². The molecular formula is C12H25NO3. The van der Waals surface area contributed by atoms with E-state index < -0.39 is 6.48 Å². The van der Waals surface area contributed by atoms with E-state index >= 15 is 0 Å². The summed E-state index contributed by atoms with van der Waals surface area (Å²) in [5.41, 5.74) is 0. The topological polar surface area (TPSA) is 30.9 Å². The number of hydrogen-bond acceptors (Lipinski definition) is 4. The number of nitrogens with zero attached hydrogens (tertiary/aromatic N) is 1. The highest BCUT2D eigenvalue weighted by molar-refractivity contribution is 4.78. The zero-order chi connectivity index (χ0) is 12.1. The van der Waals surface area contributed by atoms with E-state index in [0.29, 0.717) is 12.0 Å². The molecule has 4 heteroatoms. The number of ether oxygens (including phenoxy) is 2. The first-order valence-electron chi connectivity index (χ1n) is 6.20. The highest BCUT2D eigenvalue weighted by Crippen LogP contribution is 2.26. The normalized spacial score (nSPS) is 33.9. The second-order valence-electron chi connectivity index (χ2n) is 4.58. The second-order valence-corrected chi connectivity index (χ2v) is 4.58. The molecule has 0 aromatic carbocycles. The van der Waals surface area contributed by atoms with Crippen molar-refractivity contribution in [2.75, 3.05) is 14.2 Å². The first-order chi connectivity index (χ1) is 7.62. The van der Waals surface area contributed by atoms with Gasteiger partial charge in [0, 0.05) is 14.2 Å². The maximum Gasteiger partial charge on any atom is 0.288 e. The van der Waals surface area contributed by atoms with Gasteiger partial charge in [-0.15, -0.1) is 0 Å². The van der Waals surface area contributed by atoms with Crippen LogP contribution in [0.5, 0.6) is 0 Å². The van der Waals surface area contributed by atoms with Gasteiger partial charge in [-0.1, -0.05) is 27.2 Å². The Bertz CT molecular complexity index is 199. The van der Waals surface area contributed by atoms with Crippen molar-refractivity contribution < 1.29 is 14.3 Å². The SMILES string of the molecule is CCC(C)CC1OC(OC)ON(C)C1CC. The lowest BCUT2D eigenvalue weighted by Crippen LogP contribution is -2.52. The summed E-state index contributed by atoms with van der Waals surface area (Å²) in [6.07, 6.45) is 3.46. The average Bonchev–Trinajstić information content (AvgIpc) is 2.28. The third-order valence-electron chi connectivity index (χ3n) is 3.38. The summed E-state index contributed by atoms with van der Waals surface area (Å²) in [5.74, 6) is 0.669. The van der Waals surface area contributed by atoms with Crippen LogP contribution in [0.4, 0.5) is 0 Å². The van der Waals surface area contributed by atoms with Gasteiger partial charge in [0.05, 0.1) is 12.1 Å². The van der Waals surface area contributed by atoms with Gasteiger partial charge in [0.2, 0.25) is 0 Å². The van der Waals surface area contributed by atoms with Gasteiger partial charge in [-0.2, -0.15) is 5.06 Å². The lowest BCUT2D eigenvalue weighted by molar-refractivity contribution is -0.426. The molecule has 4 nitrogen and oxygen atoms in total. The van der Waals surface area contributed by atoms with Gasteiger partial charge in [0.15, 0.2) is 0 Å². The molecule has 4 atom stereocenters. The summed E-state index contributed by atoms with van der Waals surface area (Å²) < 4.78 is 10.9. The predicted molar refractivity (Wildman–Crippen MR) is 62.7 cm³/mol. The molecule has 96 valence electrons. The first-order valence-corrected chi connectivity index (χ1v) is 6.20. The Morgan fingerprint density at radius 3 is 2.56 bits per heavy atom. The molecule has 1 aliphatic rings. The lowest BCUT2D eigenvalue weighted by Gasteiger charge is -2.41. The molecule has 0 N–H and O–H groups in total. The van der Waals surface area contributed by atoms with Crippen LogP contribution in [0.1, 0.15) is 40.0 Å². The number of rotatable bonds is 5. The first kappa shape index (κ1) is 13.9. The summed E-state index contributed by atoms with van der Waals surface area (Å²) in [4.78, 5) is 5.47. The van der Waals surface area contributed by atoms with E-state index in [-0.39, 0.29) is 6.10 Å². The fourth-order valence-electron chi connectivity index (χ4n) is 2.10. The Morgan fingerprint density at radius 1 is 1.38 bits per heavy atom. The van der Waals surface area contributed by atoms with E-state index in [4.69, 9.17) is 14.3 Å². The van der Waals surface area contributed by atoms with Crippen molar-refractivity contribution in [1.29, 1.82) is 0 Å². The van der Waals surface area contributed by atoms with Gasteiger partial charge >= 0.3 is 0 Å². The molecule has 1 saturated heterocycles. The number of hydrogen-bond donors (Lipinski definition) is 0. The van der Waals surface area contributed by atoms with E-state index in [1.807, 2.05) is 12.1 Å². The van der Waals surface area contributed by atoms with Gasteiger partial charge < -0.3 is 9.47 Å². The van der Waals surface area contributed by atoms with Gasteiger partial charge in [-0.3, -0.25) is 0 Å². The molecule has 0 spiro atoms. The quantitative estimate of drug-likeness (QED) is 0.727. The average molecular weight is 231 g/mol. The van der Waals surface area contributed by atoms with Crippen LogP contribution in [0.2, 0.25) is 0 Å². The van der Waals surface area contributed by atoms with Crippen LogP contribution in [-0.2, 0) is 14.3 Å². The summed E-state index contributed by atoms with van der Waals surface area (Å²) in [5, 5.41) is 1.88. The third kappa shape index (κ3) is 3.42. The zero-order valence-electron chi connectivity index (χ0n) is 11.1. The van der Waals surface area contributed by atoms with Crippen LogP contribution in [0.3, 0.4) is 0 Å². The zero-order valence-corrected chi connectivity index (χ0v) is 11.1. The van der Waals surface area contributed by atoms with Gasteiger partial charge in [0.1, 0.15) is 0 Å². The smallest absolute Gasteiger partial charge is 0.288 e. The van der Waals surface area contributed by atoms with Crippen LogP contribution < -0.4 is 0 Å². The van der Waals surface area contributed by atoms with E-state index in [9.17, 15) is 0 Å². The molecule has 0 radical (unpaired) electrons. The predicted octanol–water partition coefficient (Wildman–Crippen LogP) is 2.39. The second kappa shape index (κ2) is 6.55. The molecule has 0 saturated carbocycles. The third-order valence-corrected chi connectivity index (χ3v) is 3.38. The molecule has 1 rings (SSSR count). The number of hydroxylamine groups is 2. The largest absolute Gasteiger partial charge is 0.332 e. The number of likely N-dealkylation sites (N-methyl/N-ethyl adjacent to an activating group) is 1. The van der Waals surface area contributed by atoms with E-state index in [0.717, 1.165) is 12.8 Å². The Morgan fingerprint density at radius 2 is 2.06 bits per heavy atom. The van der Waals surface area contributed by atoms with Crippen molar-refractivity contribution >= 4 is 0 Å². The summed E-state index contributed by atoms with van der Waals surface area (Å²) in [7, 11) is 3.55. The monoisotopic (exact) mass is 231 g/mol. The molecule has 16 heavy (non-hydrogen) atoms. The molecular weight excluding hydrogens is 206 g/mol. The molecule has 0 aromatic heterocycles. The van der Waals surface area contributed by atoms with Gasteiger partial charge in [-0.05, 0) is 18.8 Å². The number of methoxy groups -OCH3 is 1. The Labute approximate surface area is 98.8 Å². The maximum atomic E-state index is 5.80. The minimum absolute atomic E-state index is 0.198. The van der Waals surface area contributed by atoms with Crippen molar-refractivity contribution in [3.63, 3.8) is 0 Å². The maximum absolute atomic E-state index is 5.80. The fourth-order valence-corrected chi connectivity index (χ4v) is 2.10. The molecule has 0 amide bonds. The van der Waals surface area contributed by atoms with Crippen molar-refractivity contribution in [3.8, 4) is 0 Å². The molecule has 1 aliphatic heterocycles. The molecule has 1 heterocycles. The minimum atomic E-state index is -0.554. The van der Waals surface area contributed by atoms with E-state index in [2.05, 4.69) is 20.8 Å². The fraction of sp³-hybridized carbons (Fsp3) is 1.00.